The number of aliphatic imine (C=N–C) groups is 1. The third kappa shape index (κ3) is 5.68. The summed E-state index contributed by atoms with van der Waals surface area (Å²) in [7, 11) is 3.51. The van der Waals surface area contributed by atoms with Crippen molar-refractivity contribution in [3.63, 3.8) is 0 Å². The molecular formula is C18H31N3O. The third-order valence-electron chi connectivity index (χ3n) is 3.97. The number of rotatable bonds is 6. The predicted octanol–water partition coefficient (Wildman–Crippen LogP) is 2.74. The molecule has 2 N–H and O–H groups in total. The number of ether oxygens (including phenoxy) is 1. The molecule has 1 aromatic carbocycles. The first-order chi connectivity index (χ1) is 10.3. The number of hydrogen-bond donors (Lipinski definition) is 2. The zero-order valence-electron chi connectivity index (χ0n) is 15.1. The van der Waals surface area contributed by atoms with Crippen molar-refractivity contribution in [1.82, 2.24) is 10.6 Å². The van der Waals surface area contributed by atoms with Gasteiger partial charge in [-0.3, -0.25) is 4.99 Å². The van der Waals surface area contributed by atoms with E-state index in [2.05, 4.69) is 48.5 Å². The Morgan fingerprint density at radius 1 is 1.14 bits per heavy atom. The highest BCUT2D eigenvalue weighted by Gasteiger charge is 2.16. The molecule has 1 aromatic rings. The van der Waals surface area contributed by atoms with Gasteiger partial charge >= 0.3 is 0 Å². The quantitative estimate of drug-likeness (QED) is 0.627. The van der Waals surface area contributed by atoms with Gasteiger partial charge in [-0.2, -0.15) is 0 Å². The maximum atomic E-state index is 5.40. The lowest BCUT2D eigenvalue weighted by molar-refractivity contribution is 0.0268. The number of hydrogen-bond acceptors (Lipinski definition) is 2. The van der Waals surface area contributed by atoms with Gasteiger partial charge < -0.3 is 15.4 Å². The number of nitrogens with one attached hydrogen (secondary N) is 2. The standard InChI is InChI=1S/C18H31N3O/c1-13-10-14(2)16(15(3)11-13)8-9-20-17(19-6)21-12-18(4,5)22-7/h10-11H,8-9,12H2,1-7H3,(H2,19,20,21). The van der Waals surface area contributed by atoms with Gasteiger partial charge in [0.1, 0.15) is 0 Å². The molecule has 0 aliphatic rings. The molecule has 0 saturated heterocycles. The van der Waals surface area contributed by atoms with Crippen molar-refractivity contribution in [3.05, 3.63) is 34.4 Å². The van der Waals surface area contributed by atoms with Crippen LogP contribution in [0.25, 0.3) is 0 Å². The minimum Gasteiger partial charge on any atom is -0.377 e. The van der Waals surface area contributed by atoms with Crippen LogP contribution < -0.4 is 10.6 Å². The molecule has 1 rings (SSSR count). The fraction of sp³-hybridized carbons (Fsp3) is 0.611. The van der Waals surface area contributed by atoms with Gasteiger partial charge in [0.05, 0.1) is 5.60 Å². The molecule has 0 bridgehead atoms. The molecular weight excluding hydrogens is 274 g/mol. The van der Waals surface area contributed by atoms with Crippen molar-refractivity contribution < 1.29 is 4.74 Å². The summed E-state index contributed by atoms with van der Waals surface area (Å²) in [4.78, 5) is 4.25. The Morgan fingerprint density at radius 3 is 2.23 bits per heavy atom. The molecule has 4 nitrogen and oxygen atoms in total. The first-order valence-electron chi connectivity index (χ1n) is 7.85. The number of benzene rings is 1. The molecule has 4 heteroatoms. The van der Waals surface area contributed by atoms with Crippen LogP contribution in [-0.2, 0) is 11.2 Å². The monoisotopic (exact) mass is 305 g/mol. The van der Waals surface area contributed by atoms with Gasteiger partial charge in [-0.15, -0.1) is 0 Å². The highest BCUT2D eigenvalue weighted by Crippen LogP contribution is 2.16. The molecule has 0 aliphatic carbocycles. The van der Waals surface area contributed by atoms with Gasteiger partial charge in [-0.05, 0) is 57.7 Å². The van der Waals surface area contributed by atoms with Crippen LogP contribution in [0.1, 0.15) is 36.1 Å². The Hall–Kier alpha value is -1.55. The van der Waals surface area contributed by atoms with Crippen LogP contribution in [0.2, 0.25) is 0 Å². The SMILES string of the molecule is CN=C(NCCc1c(C)cc(C)cc1C)NCC(C)(C)OC. The topological polar surface area (TPSA) is 45.7 Å². The molecule has 0 unspecified atom stereocenters. The van der Waals surface area contributed by atoms with Crippen molar-refractivity contribution in [1.29, 1.82) is 0 Å². The maximum absolute atomic E-state index is 5.40. The lowest BCUT2D eigenvalue weighted by Crippen LogP contribution is -2.45. The van der Waals surface area contributed by atoms with Crippen molar-refractivity contribution in [2.45, 2.75) is 46.6 Å². The van der Waals surface area contributed by atoms with E-state index in [4.69, 9.17) is 4.74 Å². The van der Waals surface area contributed by atoms with Crippen molar-refractivity contribution >= 4 is 5.96 Å². The molecule has 0 radical (unpaired) electrons. The fourth-order valence-electron chi connectivity index (χ4n) is 2.50. The van der Waals surface area contributed by atoms with Crippen molar-refractivity contribution in [2.24, 2.45) is 4.99 Å². The van der Waals surface area contributed by atoms with Crippen molar-refractivity contribution in [2.75, 3.05) is 27.2 Å². The molecule has 22 heavy (non-hydrogen) atoms. The molecule has 0 heterocycles. The summed E-state index contributed by atoms with van der Waals surface area (Å²) in [6, 6.07) is 4.49. The minimum absolute atomic E-state index is 0.207. The van der Waals surface area contributed by atoms with E-state index in [9.17, 15) is 0 Å². The average molecular weight is 305 g/mol. The smallest absolute Gasteiger partial charge is 0.191 e. The zero-order valence-corrected chi connectivity index (χ0v) is 15.1. The first-order valence-corrected chi connectivity index (χ1v) is 7.85. The summed E-state index contributed by atoms with van der Waals surface area (Å²) >= 11 is 0. The van der Waals surface area contributed by atoms with E-state index in [0.29, 0.717) is 6.54 Å². The van der Waals surface area contributed by atoms with Gasteiger partial charge in [0, 0.05) is 27.2 Å². The lowest BCUT2D eigenvalue weighted by Gasteiger charge is -2.24. The Balaban J connectivity index is 2.52. The second-order valence-electron chi connectivity index (χ2n) is 6.44. The van der Waals surface area contributed by atoms with Crippen LogP contribution >= 0.6 is 0 Å². The van der Waals surface area contributed by atoms with Crippen LogP contribution in [0.4, 0.5) is 0 Å². The summed E-state index contributed by atoms with van der Waals surface area (Å²) in [5.74, 6) is 0.813. The molecule has 0 fully saturated rings. The number of aryl methyl sites for hydroxylation is 3. The third-order valence-corrected chi connectivity index (χ3v) is 3.97. The summed E-state index contributed by atoms with van der Waals surface area (Å²) in [6.45, 7) is 12.2. The van der Waals surface area contributed by atoms with Gasteiger partial charge in [0.25, 0.3) is 0 Å². The van der Waals surface area contributed by atoms with E-state index in [-0.39, 0.29) is 5.60 Å². The molecule has 0 aliphatic heterocycles. The summed E-state index contributed by atoms with van der Waals surface area (Å²) in [6.07, 6.45) is 0.992. The molecule has 124 valence electrons. The molecule has 0 atom stereocenters. The van der Waals surface area contributed by atoms with E-state index in [0.717, 1.165) is 18.9 Å². The minimum atomic E-state index is -0.207. The largest absolute Gasteiger partial charge is 0.377 e. The fourth-order valence-corrected chi connectivity index (χ4v) is 2.50. The van der Waals surface area contributed by atoms with E-state index < -0.39 is 0 Å². The summed E-state index contributed by atoms with van der Waals surface area (Å²) in [5.41, 5.74) is 5.27. The van der Waals surface area contributed by atoms with E-state index in [1.54, 1.807) is 14.2 Å². The molecule has 0 amide bonds. The predicted molar refractivity (Wildman–Crippen MR) is 94.8 cm³/mol. The van der Waals surface area contributed by atoms with Crippen LogP contribution in [0.3, 0.4) is 0 Å². The maximum Gasteiger partial charge on any atom is 0.191 e. The summed E-state index contributed by atoms with van der Waals surface area (Å²) < 4.78 is 5.40. The molecule has 0 spiro atoms. The normalized spacial score (nSPS) is 12.4. The Morgan fingerprint density at radius 2 is 1.73 bits per heavy atom. The van der Waals surface area contributed by atoms with E-state index in [1.807, 2.05) is 13.8 Å². The molecule has 0 saturated carbocycles. The van der Waals surface area contributed by atoms with Gasteiger partial charge in [0.15, 0.2) is 5.96 Å². The number of guanidine groups is 1. The lowest BCUT2D eigenvalue weighted by atomic mass is 9.97. The first kappa shape index (κ1) is 18.5. The van der Waals surface area contributed by atoms with E-state index >= 15 is 0 Å². The second kappa shape index (κ2) is 8.18. The van der Waals surface area contributed by atoms with Gasteiger partial charge in [-0.25, -0.2) is 0 Å². The van der Waals surface area contributed by atoms with Crippen LogP contribution in [0.15, 0.2) is 17.1 Å². The van der Waals surface area contributed by atoms with Crippen LogP contribution in [0.5, 0.6) is 0 Å². The second-order valence-corrected chi connectivity index (χ2v) is 6.44. The van der Waals surface area contributed by atoms with E-state index in [1.165, 1.54) is 22.3 Å². The van der Waals surface area contributed by atoms with Crippen molar-refractivity contribution in [3.8, 4) is 0 Å². The Kier molecular flexibility index (Phi) is 6.88. The number of methoxy groups -OCH3 is 1. The van der Waals surface area contributed by atoms with Crippen LogP contribution in [-0.4, -0.2) is 38.8 Å². The highest BCUT2D eigenvalue weighted by atomic mass is 16.5. The Labute approximate surface area is 135 Å². The summed E-state index contributed by atoms with van der Waals surface area (Å²) in [5, 5.41) is 6.67. The highest BCUT2D eigenvalue weighted by molar-refractivity contribution is 5.79. The van der Waals surface area contributed by atoms with Gasteiger partial charge in [0.2, 0.25) is 0 Å². The Bertz CT molecular complexity index is 498. The average Bonchev–Trinajstić information content (AvgIpc) is 2.44. The zero-order chi connectivity index (χ0) is 16.8. The van der Waals surface area contributed by atoms with Gasteiger partial charge in [-0.1, -0.05) is 17.7 Å². The van der Waals surface area contributed by atoms with Crippen LogP contribution in [0, 0.1) is 20.8 Å². The number of nitrogens with zero attached hydrogens (tertiary/aromatic N) is 1. The molecule has 0 aromatic heterocycles.